The van der Waals surface area contributed by atoms with Gasteiger partial charge in [0.05, 0.1) is 12.6 Å². The average molecular weight is 388 g/mol. The Hall–Kier alpha value is -4.27. The first-order valence-corrected chi connectivity index (χ1v) is 8.66. The molecule has 0 unspecified atom stereocenters. The number of carbonyl (C=O) groups excluding carboxylic acids is 2. The van der Waals surface area contributed by atoms with Crippen LogP contribution in [0.15, 0.2) is 60.9 Å². The Morgan fingerprint density at radius 3 is 2.62 bits per heavy atom. The van der Waals surface area contributed by atoms with E-state index in [2.05, 4.69) is 30.8 Å². The maximum Gasteiger partial charge on any atom is 0.359 e. The van der Waals surface area contributed by atoms with Crippen molar-refractivity contribution < 1.29 is 14.3 Å². The standard InChI is InChI=1S/C20H16N6O3/c1-29-19(28)17-15-11-14(6-7-16(15)25-26-17)23-18(27)12-4-2-5-13(10-12)24-20-21-8-3-9-22-20/h2-11H,1H3,(H,23,27)(H,25,26)(H,21,22,24). The molecule has 2 heterocycles. The van der Waals surface area contributed by atoms with Crippen molar-refractivity contribution >= 4 is 40.1 Å². The van der Waals surface area contributed by atoms with E-state index in [4.69, 9.17) is 4.74 Å². The number of nitrogens with zero attached hydrogens (tertiary/aromatic N) is 3. The van der Waals surface area contributed by atoms with Crippen LogP contribution >= 0.6 is 0 Å². The van der Waals surface area contributed by atoms with Gasteiger partial charge in [-0.1, -0.05) is 6.07 Å². The Morgan fingerprint density at radius 2 is 1.83 bits per heavy atom. The summed E-state index contributed by atoms with van der Waals surface area (Å²) in [5.41, 5.74) is 2.48. The summed E-state index contributed by atoms with van der Waals surface area (Å²) in [6, 6.07) is 13.8. The number of esters is 1. The highest BCUT2D eigenvalue weighted by atomic mass is 16.5. The number of rotatable bonds is 5. The van der Waals surface area contributed by atoms with Crippen molar-refractivity contribution in [2.45, 2.75) is 0 Å². The summed E-state index contributed by atoms with van der Waals surface area (Å²) in [7, 11) is 1.29. The fourth-order valence-electron chi connectivity index (χ4n) is 2.78. The number of amides is 1. The Balaban J connectivity index is 1.55. The summed E-state index contributed by atoms with van der Waals surface area (Å²) in [5.74, 6) is -0.419. The van der Waals surface area contributed by atoms with E-state index >= 15 is 0 Å². The molecule has 0 bridgehead atoms. The van der Waals surface area contributed by atoms with Crippen molar-refractivity contribution in [1.82, 2.24) is 20.2 Å². The van der Waals surface area contributed by atoms with Crippen molar-refractivity contribution in [3.63, 3.8) is 0 Å². The summed E-state index contributed by atoms with van der Waals surface area (Å²) >= 11 is 0. The first-order chi connectivity index (χ1) is 14.1. The Labute approximate surface area is 165 Å². The second kappa shape index (κ2) is 7.77. The molecule has 0 saturated carbocycles. The first kappa shape index (κ1) is 18.1. The molecule has 0 saturated heterocycles. The fraction of sp³-hybridized carbons (Fsp3) is 0.0500. The molecule has 29 heavy (non-hydrogen) atoms. The van der Waals surface area contributed by atoms with Crippen molar-refractivity contribution in [1.29, 1.82) is 0 Å². The number of aromatic nitrogens is 4. The molecule has 9 heteroatoms. The van der Waals surface area contributed by atoms with Crippen LogP contribution in [0.25, 0.3) is 10.9 Å². The maximum atomic E-state index is 12.7. The normalized spacial score (nSPS) is 10.5. The molecular weight excluding hydrogens is 372 g/mol. The first-order valence-electron chi connectivity index (χ1n) is 8.66. The van der Waals surface area contributed by atoms with Crippen LogP contribution < -0.4 is 10.6 Å². The molecule has 4 rings (SSSR count). The Bertz CT molecular complexity index is 1190. The van der Waals surface area contributed by atoms with Gasteiger partial charge in [-0.2, -0.15) is 5.10 Å². The van der Waals surface area contributed by atoms with Crippen LogP contribution in [0.3, 0.4) is 0 Å². The Morgan fingerprint density at radius 1 is 1.00 bits per heavy atom. The van der Waals surface area contributed by atoms with Crippen molar-refractivity contribution in [3.05, 3.63) is 72.2 Å². The number of aromatic amines is 1. The number of methoxy groups -OCH3 is 1. The maximum absolute atomic E-state index is 12.7. The quantitative estimate of drug-likeness (QED) is 0.449. The SMILES string of the molecule is COC(=O)c1n[nH]c2ccc(NC(=O)c3cccc(Nc4ncccn4)c3)cc12. The van der Waals surface area contributed by atoms with Gasteiger partial charge in [0.25, 0.3) is 5.91 Å². The van der Waals surface area contributed by atoms with Crippen LogP contribution in [-0.2, 0) is 4.74 Å². The minimum atomic E-state index is -0.554. The molecule has 9 nitrogen and oxygen atoms in total. The summed E-state index contributed by atoms with van der Waals surface area (Å²) < 4.78 is 4.73. The molecule has 4 aromatic rings. The molecule has 144 valence electrons. The van der Waals surface area contributed by atoms with E-state index in [-0.39, 0.29) is 11.6 Å². The van der Waals surface area contributed by atoms with Gasteiger partial charge in [-0.3, -0.25) is 9.89 Å². The summed E-state index contributed by atoms with van der Waals surface area (Å²) in [6.07, 6.45) is 3.25. The molecule has 3 N–H and O–H groups in total. The monoisotopic (exact) mass is 388 g/mol. The molecule has 0 radical (unpaired) electrons. The number of ether oxygens (including phenoxy) is 1. The fourth-order valence-corrected chi connectivity index (χ4v) is 2.78. The highest BCUT2D eigenvalue weighted by Gasteiger charge is 2.15. The number of benzene rings is 2. The summed E-state index contributed by atoms with van der Waals surface area (Å²) in [5, 5.41) is 13.2. The highest BCUT2D eigenvalue weighted by molar-refractivity contribution is 6.07. The summed E-state index contributed by atoms with van der Waals surface area (Å²) in [4.78, 5) is 32.7. The second-order valence-corrected chi connectivity index (χ2v) is 6.06. The molecule has 2 aromatic carbocycles. The van der Waals surface area contributed by atoms with Gasteiger partial charge in [-0.25, -0.2) is 14.8 Å². The van der Waals surface area contributed by atoms with Crippen LogP contribution in [0.5, 0.6) is 0 Å². The highest BCUT2D eigenvalue weighted by Crippen LogP contribution is 2.22. The lowest BCUT2D eigenvalue weighted by atomic mass is 10.1. The minimum absolute atomic E-state index is 0.160. The smallest absolute Gasteiger partial charge is 0.359 e. The third kappa shape index (κ3) is 3.88. The second-order valence-electron chi connectivity index (χ2n) is 6.06. The van der Waals surface area contributed by atoms with E-state index in [1.807, 2.05) is 6.07 Å². The number of hydrogen-bond acceptors (Lipinski definition) is 7. The van der Waals surface area contributed by atoms with Gasteiger partial charge in [0.2, 0.25) is 5.95 Å². The largest absolute Gasteiger partial charge is 0.464 e. The zero-order valence-corrected chi connectivity index (χ0v) is 15.3. The van der Waals surface area contributed by atoms with Crippen LogP contribution in [0.4, 0.5) is 17.3 Å². The lowest BCUT2D eigenvalue weighted by Gasteiger charge is -2.08. The molecule has 0 aliphatic heterocycles. The van der Waals surface area contributed by atoms with E-state index < -0.39 is 5.97 Å². The van der Waals surface area contributed by atoms with E-state index in [0.29, 0.717) is 33.8 Å². The van der Waals surface area contributed by atoms with Gasteiger partial charge >= 0.3 is 5.97 Å². The topological polar surface area (TPSA) is 122 Å². The third-order valence-electron chi connectivity index (χ3n) is 4.15. The molecular formula is C20H16N6O3. The molecule has 1 amide bonds. The zero-order chi connectivity index (χ0) is 20.2. The average Bonchev–Trinajstić information content (AvgIpc) is 3.17. The van der Waals surface area contributed by atoms with Crippen molar-refractivity contribution in [2.24, 2.45) is 0 Å². The van der Waals surface area contributed by atoms with Crippen molar-refractivity contribution in [2.75, 3.05) is 17.7 Å². The van der Waals surface area contributed by atoms with Gasteiger partial charge in [0.15, 0.2) is 5.69 Å². The van der Waals surface area contributed by atoms with Crippen LogP contribution in [0, 0.1) is 0 Å². The molecule has 0 atom stereocenters. The van der Waals surface area contributed by atoms with E-state index in [1.165, 1.54) is 7.11 Å². The number of H-pyrrole nitrogens is 1. The number of hydrogen-bond donors (Lipinski definition) is 3. The predicted octanol–water partition coefficient (Wildman–Crippen LogP) is 3.14. The van der Waals surface area contributed by atoms with E-state index in [0.717, 1.165) is 0 Å². The van der Waals surface area contributed by atoms with E-state index in [1.54, 1.807) is 54.9 Å². The lowest BCUT2D eigenvalue weighted by Crippen LogP contribution is -2.12. The van der Waals surface area contributed by atoms with Gasteiger partial charge in [-0.15, -0.1) is 0 Å². The van der Waals surface area contributed by atoms with Crippen molar-refractivity contribution in [3.8, 4) is 0 Å². The van der Waals surface area contributed by atoms with E-state index in [9.17, 15) is 9.59 Å². The molecule has 0 aliphatic rings. The van der Waals surface area contributed by atoms with Gasteiger partial charge in [-0.05, 0) is 42.5 Å². The van der Waals surface area contributed by atoms with Gasteiger partial charge in [0, 0.05) is 34.7 Å². The molecule has 2 aromatic heterocycles. The van der Waals surface area contributed by atoms with Gasteiger partial charge in [0.1, 0.15) is 0 Å². The minimum Gasteiger partial charge on any atom is -0.464 e. The van der Waals surface area contributed by atoms with Crippen LogP contribution in [-0.4, -0.2) is 39.2 Å². The zero-order valence-electron chi connectivity index (χ0n) is 15.3. The number of nitrogens with one attached hydrogen (secondary N) is 3. The molecule has 0 spiro atoms. The number of carbonyl (C=O) groups is 2. The Kier molecular flexibility index (Phi) is 4.85. The molecule has 0 aliphatic carbocycles. The summed E-state index contributed by atoms with van der Waals surface area (Å²) in [6.45, 7) is 0. The third-order valence-corrected chi connectivity index (χ3v) is 4.15. The van der Waals surface area contributed by atoms with Gasteiger partial charge < -0.3 is 15.4 Å². The molecule has 0 fully saturated rings. The van der Waals surface area contributed by atoms with Crippen LogP contribution in [0.1, 0.15) is 20.8 Å². The predicted molar refractivity (Wildman–Crippen MR) is 107 cm³/mol. The lowest BCUT2D eigenvalue weighted by molar-refractivity contribution is 0.0596. The number of anilines is 3. The van der Waals surface area contributed by atoms with Crippen LogP contribution in [0.2, 0.25) is 0 Å². The number of fused-ring (bicyclic) bond motifs is 1.